The molecule has 0 aromatic carbocycles. The normalized spacial score (nSPS) is 16.3. The van der Waals surface area contributed by atoms with Crippen LogP contribution in [0, 0.1) is 5.92 Å². The van der Waals surface area contributed by atoms with Crippen molar-refractivity contribution in [3.63, 3.8) is 0 Å². The van der Waals surface area contributed by atoms with Crippen LogP contribution in [0.1, 0.15) is 73.1 Å². The fourth-order valence-corrected chi connectivity index (χ4v) is 2.69. The van der Waals surface area contributed by atoms with Gasteiger partial charge in [0.1, 0.15) is 0 Å². The summed E-state index contributed by atoms with van der Waals surface area (Å²) in [5, 5.41) is 0. The van der Waals surface area contributed by atoms with Gasteiger partial charge in [0.05, 0.1) is 12.7 Å². The zero-order valence-electron chi connectivity index (χ0n) is 16.0. The van der Waals surface area contributed by atoms with Gasteiger partial charge < -0.3 is 9.47 Å². The number of methoxy groups -OCH3 is 1. The van der Waals surface area contributed by atoms with Crippen molar-refractivity contribution < 1.29 is 14.3 Å². The summed E-state index contributed by atoms with van der Waals surface area (Å²) in [5.41, 5.74) is 0.963. The molecule has 0 aliphatic carbocycles. The fraction of sp³-hybridized carbons (Fsp3) is 0.750. The Hall–Kier alpha value is -1.09. The number of allylic oxidation sites excluding steroid dienone is 3. The van der Waals surface area contributed by atoms with Crippen LogP contribution in [0.2, 0.25) is 0 Å². The third-order valence-corrected chi connectivity index (χ3v) is 4.53. The maximum Gasteiger partial charge on any atom is 0.330 e. The van der Waals surface area contributed by atoms with Crippen LogP contribution in [0.3, 0.4) is 0 Å². The molecule has 0 rings (SSSR count). The summed E-state index contributed by atoms with van der Waals surface area (Å²) in [6, 6.07) is 0. The molecule has 0 aromatic rings. The van der Waals surface area contributed by atoms with Crippen molar-refractivity contribution in [2.45, 2.75) is 78.7 Å². The predicted octanol–water partition coefficient (Wildman–Crippen LogP) is 5.45. The second-order valence-electron chi connectivity index (χ2n) is 6.45. The van der Waals surface area contributed by atoms with Crippen LogP contribution in [0.4, 0.5) is 0 Å². The van der Waals surface area contributed by atoms with Crippen LogP contribution < -0.4 is 0 Å². The van der Waals surface area contributed by atoms with Gasteiger partial charge in [0.2, 0.25) is 0 Å². The number of carbonyl (C=O) groups is 1. The Kier molecular flexibility index (Phi) is 11.8. The average Bonchev–Trinajstić information content (AvgIpc) is 2.53. The number of carbonyl (C=O) groups excluding carboxylic acids is 1. The molecule has 0 aliphatic heterocycles. The molecule has 3 heteroatoms. The summed E-state index contributed by atoms with van der Waals surface area (Å²) in [7, 11) is 1.40. The maximum atomic E-state index is 11.1. The topological polar surface area (TPSA) is 35.5 Å². The first kappa shape index (κ1) is 21.9. The minimum absolute atomic E-state index is 0.0305. The highest BCUT2D eigenvalue weighted by atomic mass is 16.5. The van der Waals surface area contributed by atoms with Crippen LogP contribution in [-0.2, 0) is 14.3 Å². The van der Waals surface area contributed by atoms with E-state index in [1.807, 2.05) is 13.0 Å². The molecule has 0 heterocycles. The van der Waals surface area contributed by atoms with Gasteiger partial charge in [-0.3, -0.25) is 0 Å². The molecule has 0 aromatic heterocycles. The second-order valence-corrected chi connectivity index (χ2v) is 6.45. The third-order valence-electron chi connectivity index (χ3n) is 4.53. The van der Waals surface area contributed by atoms with Crippen molar-refractivity contribution in [2.24, 2.45) is 5.92 Å². The third kappa shape index (κ3) is 10.3. The predicted molar refractivity (Wildman–Crippen MR) is 97.5 cm³/mol. The molecule has 3 nitrogen and oxygen atoms in total. The van der Waals surface area contributed by atoms with E-state index in [1.165, 1.54) is 32.4 Å². The van der Waals surface area contributed by atoms with E-state index >= 15 is 0 Å². The zero-order chi connectivity index (χ0) is 17.7. The van der Waals surface area contributed by atoms with Gasteiger partial charge in [0.25, 0.3) is 0 Å². The van der Waals surface area contributed by atoms with Crippen LogP contribution in [0.25, 0.3) is 0 Å². The molecule has 0 N–H and O–H groups in total. The lowest BCUT2D eigenvalue weighted by atomic mass is 9.90. The molecule has 0 radical (unpaired) electrons. The molecule has 0 spiro atoms. The summed E-state index contributed by atoms with van der Waals surface area (Å²) in [6.45, 7) is 11.4. The summed E-state index contributed by atoms with van der Waals surface area (Å²) in [6.07, 6.45) is 12.6. The Morgan fingerprint density at radius 2 is 1.96 bits per heavy atom. The number of rotatable bonds is 12. The van der Waals surface area contributed by atoms with Crippen molar-refractivity contribution in [1.82, 2.24) is 0 Å². The molecule has 0 aliphatic rings. The van der Waals surface area contributed by atoms with E-state index in [0.29, 0.717) is 5.92 Å². The summed E-state index contributed by atoms with van der Waals surface area (Å²) >= 11 is 0. The Balaban J connectivity index is 4.26. The van der Waals surface area contributed by atoms with Crippen molar-refractivity contribution >= 4 is 5.97 Å². The first-order valence-electron chi connectivity index (χ1n) is 8.97. The van der Waals surface area contributed by atoms with Gasteiger partial charge >= 0.3 is 5.97 Å². The van der Waals surface area contributed by atoms with Gasteiger partial charge in [0, 0.05) is 12.7 Å². The summed E-state index contributed by atoms with van der Waals surface area (Å²) in [4.78, 5) is 11.1. The average molecular weight is 325 g/mol. The lowest BCUT2D eigenvalue weighted by molar-refractivity contribution is -0.134. The minimum Gasteiger partial charge on any atom is -0.466 e. The Bertz CT molecular complexity index is 384. The van der Waals surface area contributed by atoms with Crippen molar-refractivity contribution in [1.29, 1.82) is 0 Å². The van der Waals surface area contributed by atoms with E-state index < -0.39 is 0 Å². The van der Waals surface area contributed by atoms with Crippen LogP contribution in [-0.4, -0.2) is 25.3 Å². The Morgan fingerprint density at radius 1 is 1.26 bits per heavy atom. The first-order chi connectivity index (χ1) is 10.9. The maximum absolute atomic E-state index is 11.1. The van der Waals surface area contributed by atoms with E-state index in [4.69, 9.17) is 4.74 Å². The second kappa shape index (κ2) is 12.3. The van der Waals surface area contributed by atoms with Gasteiger partial charge in [-0.2, -0.15) is 0 Å². The van der Waals surface area contributed by atoms with Crippen LogP contribution >= 0.6 is 0 Å². The molecular formula is C20H36O3. The zero-order valence-corrected chi connectivity index (χ0v) is 16.0. The van der Waals surface area contributed by atoms with Crippen LogP contribution in [0.5, 0.6) is 0 Å². The highest BCUT2D eigenvalue weighted by Gasteiger charge is 2.21. The highest BCUT2D eigenvalue weighted by molar-refractivity contribution is 5.83. The molecule has 23 heavy (non-hydrogen) atoms. The Morgan fingerprint density at radius 3 is 2.48 bits per heavy atom. The van der Waals surface area contributed by atoms with E-state index in [1.54, 1.807) is 0 Å². The van der Waals surface area contributed by atoms with Crippen molar-refractivity contribution in [3.05, 3.63) is 23.8 Å². The number of esters is 1. The van der Waals surface area contributed by atoms with E-state index in [-0.39, 0.29) is 11.6 Å². The number of hydrogen-bond donors (Lipinski definition) is 0. The van der Waals surface area contributed by atoms with Crippen molar-refractivity contribution in [3.8, 4) is 0 Å². The largest absolute Gasteiger partial charge is 0.466 e. The molecule has 0 bridgehead atoms. The van der Waals surface area contributed by atoms with Gasteiger partial charge in [-0.1, -0.05) is 45.3 Å². The molecule has 0 amide bonds. The minimum atomic E-state index is -0.297. The lowest BCUT2D eigenvalue weighted by Crippen LogP contribution is -2.27. The first-order valence-corrected chi connectivity index (χ1v) is 8.97. The smallest absolute Gasteiger partial charge is 0.330 e. The molecule has 0 saturated carbocycles. The molecular weight excluding hydrogens is 288 g/mol. The summed E-state index contributed by atoms with van der Waals surface area (Å²) < 4.78 is 10.5. The molecule has 134 valence electrons. The molecule has 2 unspecified atom stereocenters. The Labute approximate surface area is 143 Å². The number of hydrogen-bond acceptors (Lipinski definition) is 3. The van der Waals surface area contributed by atoms with Gasteiger partial charge in [-0.25, -0.2) is 4.79 Å². The quantitative estimate of drug-likeness (QED) is 0.272. The van der Waals surface area contributed by atoms with Gasteiger partial charge in [0.15, 0.2) is 0 Å². The van der Waals surface area contributed by atoms with E-state index in [9.17, 15) is 4.79 Å². The molecule has 0 fully saturated rings. The standard InChI is InChI=1S/C20H36O3/c1-7-18(13-10-12-17(4)16-19(21)22-6)14-11-15-20(5,8-2)23-9-3/h10,12,16,18H,7-9,11,13-15H2,1-6H3. The van der Waals surface area contributed by atoms with Crippen LogP contribution in [0.15, 0.2) is 23.8 Å². The SMILES string of the molecule is CCOC(C)(CC)CCCC(CC)CC=CC(C)=CC(=O)OC. The molecule has 0 saturated heterocycles. The molecule has 2 atom stereocenters. The van der Waals surface area contributed by atoms with Gasteiger partial charge in [-0.15, -0.1) is 0 Å². The van der Waals surface area contributed by atoms with Gasteiger partial charge in [-0.05, 0) is 51.5 Å². The van der Waals surface area contributed by atoms with E-state index in [2.05, 4.69) is 38.5 Å². The monoisotopic (exact) mass is 324 g/mol. The highest BCUT2D eigenvalue weighted by Crippen LogP contribution is 2.26. The fourth-order valence-electron chi connectivity index (χ4n) is 2.69. The number of ether oxygens (including phenoxy) is 2. The lowest BCUT2D eigenvalue weighted by Gasteiger charge is -2.28. The summed E-state index contributed by atoms with van der Waals surface area (Å²) in [5.74, 6) is 0.397. The van der Waals surface area contributed by atoms with E-state index in [0.717, 1.165) is 31.4 Å². The van der Waals surface area contributed by atoms with Crippen molar-refractivity contribution in [2.75, 3.05) is 13.7 Å².